The fraction of sp³-hybridized carbons (Fsp3) is 0.455. The van der Waals surface area contributed by atoms with Gasteiger partial charge in [-0.2, -0.15) is 9.37 Å². The van der Waals surface area contributed by atoms with Crippen LogP contribution in [0.5, 0.6) is 0 Å². The SMILES string of the molecule is Nc1nc(F)nn2c(C3O[C@@H]4C(I)[C@]4(O)[C@H]3F)ccc12. The van der Waals surface area contributed by atoms with Crippen LogP contribution in [0.3, 0.4) is 0 Å². The molecule has 3 N–H and O–H groups in total. The van der Waals surface area contributed by atoms with Gasteiger partial charge in [0.05, 0.1) is 9.62 Å². The Hall–Kier alpha value is -1.07. The molecule has 106 valence electrons. The van der Waals surface area contributed by atoms with E-state index in [0.29, 0.717) is 11.2 Å². The lowest BCUT2D eigenvalue weighted by Gasteiger charge is -2.18. The van der Waals surface area contributed by atoms with Crippen LogP contribution >= 0.6 is 22.6 Å². The molecule has 0 bridgehead atoms. The maximum absolute atomic E-state index is 14.4. The molecule has 1 aliphatic carbocycles. The topological polar surface area (TPSA) is 85.7 Å². The Balaban J connectivity index is 1.81. The van der Waals surface area contributed by atoms with Gasteiger partial charge in [0.1, 0.15) is 23.3 Å². The first-order chi connectivity index (χ1) is 9.44. The minimum atomic E-state index is -1.59. The summed E-state index contributed by atoms with van der Waals surface area (Å²) in [6.45, 7) is 0. The number of hydrogen-bond acceptors (Lipinski definition) is 5. The number of aliphatic hydroxyl groups is 1. The van der Waals surface area contributed by atoms with E-state index < -0.39 is 30.1 Å². The molecule has 2 aromatic rings. The van der Waals surface area contributed by atoms with E-state index in [9.17, 15) is 13.9 Å². The second kappa shape index (κ2) is 3.77. The molecule has 4 rings (SSSR count). The van der Waals surface area contributed by atoms with Crippen molar-refractivity contribution in [2.24, 2.45) is 0 Å². The molecule has 20 heavy (non-hydrogen) atoms. The van der Waals surface area contributed by atoms with E-state index in [4.69, 9.17) is 10.5 Å². The molecule has 2 fully saturated rings. The summed E-state index contributed by atoms with van der Waals surface area (Å²) in [5.41, 5.74) is 4.81. The van der Waals surface area contributed by atoms with Gasteiger partial charge in [0.2, 0.25) is 0 Å². The molecular formula is C11H9F2IN4O2. The summed E-state index contributed by atoms with van der Waals surface area (Å²) < 4.78 is 34.1. The molecule has 0 amide bonds. The van der Waals surface area contributed by atoms with Crippen LogP contribution in [0.15, 0.2) is 12.1 Å². The summed E-state index contributed by atoms with van der Waals surface area (Å²) in [6.07, 6.45) is -4.13. The van der Waals surface area contributed by atoms with E-state index >= 15 is 0 Å². The normalized spacial score (nSPS) is 39.2. The van der Waals surface area contributed by atoms with Crippen LogP contribution in [0.2, 0.25) is 0 Å². The number of ether oxygens (including phenoxy) is 1. The number of nitrogens with two attached hydrogens (primary N) is 1. The van der Waals surface area contributed by atoms with Crippen molar-refractivity contribution in [3.8, 4) is 0 Å². The summed E-state index contributed by atoms with van der Waals surface area (Å²) in [5.74, 6) is -0.0344. The minimum Gasteiger partial charge on any atom is -0.383 e. The second-order valence-electron chi connectivity index (χ2n) is 4.99. The number of fused-ring (bicyclic) bond motifs is 2. The van der Waals surface area contributed by atoms with E-state index in [0.717, 1.165) is 0 Å². The fourth-order valence-electron chi connectivity index (χ4n) is 2.72. The van der Waals surface area contributed by atoms with Crippen LogP contribution in [-0.4, -0.2) is 41.5 Å². The molecule has 5 atom stereocenters. The highest BCUT2D eigenvalue weighted by atomic mass is 127. The quantitative estimate of drug-likeness (QED) is 0.552. The number of rotatable bonds is 1. The van der Waals surface area contributed by atoms with E-state index in [1.54, 1.807) is 12.1 Å². The molecule has 3 heterocycles. The molecule has 1 saturated heterocycles. The largest absolute Gasteiger partial charge is 0.383 e. The van der Waals surface area contributed by atoms with Gasteiger partial charge < -0.3 is 15.6 Å². The molecule has 6 nitrogen and oxygen atoms in total. The Morgan fingerprint density at radius 3 is 2.90 bits per heavy atom. The van der Waals surface area contributed by atoms with Gasteiger partial charge in [-0.15, -0.1) is 5.10 Å². The number of alkyl halides is 2. The smallest absolute Gasteiger partial charge is 0.327 e. The van der Waals surface area contributed by atoms with Gasteiger partial charge >= 0.3 is 6.08 Å². The number of nitrogen functional groups attached to an aromatic ring is 1. The number of anilines is 1. The van der Waals surface area contributed by atoms with Crippen molar-refractivity contribution in [3.63, 3.8) is 0 Å². The van der Waals surface area contributed by atoms with Crippen LogP contribution < -0.4 is 5.73 Å². The van der Waals surface area contributed by atoms with E-state index in [2.05, 4.69) is 10.1 Å². The van der Waals surface area contributed by atoms with Crippen LogP contribution in [0.25, 0.3) is 5.52 Å². The summed E-state index contributed by atoms with van der Waals surface area (Å²) in [4.78, 5) is 3.40. The highest BCUT2D eigenvalue weighted by Crippen LogP contribution is 2.59. The molecule has 0 spiro atoms. The summed E-state index contributed by atoms with van der Waals surface area (Å²) >= 11 is 1.95. The number of halogens is 3. The van der Waals surface area contributed by atoms with Gasteiger partial charge in [-0.3, -0.25) is 0 Å². The summed E-state index contributed by atoms with van der Waals surface area (Å²) in [6, 6.07) is 3.11. The van der Waals surface area contributed by atoms with Crippen molar-refractivity contribution in [1.82, 2.24) is 14.6 Å². The van der Waals surface area contributed by atoms with E-state index in [1.807, 2.05) is 22.6 Å². The number of nitrogens with zero attached hydrogens (tertiary/aromatic N) is 3. The third-order valence-electron chi connectivity index (χ3n) is 3.89. The zero-order valence-electron chi connectivity index (χ0n) is 9.87. The lowest BCUT2D eigenvalue weighted by Crippen LogP contribution is -2.30. The molecule has 9 heteroatoms. The van der Waals surface area contributed by atoms with E-state index in [-0.39, 0.29) is 9.74 Å². The molecule has 1 saturated carbocycles. The summed E-state index contributed by atoms with van der Waals surface area (Å²) in [7, 11) is 0. The molecule has 0 radical (unpaired) electrons. The first-order valence-corrected chi connectivity index (χ1v) is 7.15. The van der Waals surface area contributed by atoms with Crippen molar-refractivity contribution in [1.29, 1.82) is 0 Å². The Kier molecular flexibility index (Phi) is 2.38. The van der Waals surface area contributed by atoms with Gasteiger partial charge in [-0.25, -0.2) is 8.91 Å². The standard InChI is InChI=1S/C11H9F2IN4O2/c12-6-5(20-8-7(14)11(6,8)19)3-1-2-4-9(15)16-10(13)17-18(3)4/h1-2,5-8,19H,(H2,15,16,17)/t5?,6-,7?,8+,11+/m0/s1. The predicted molar refractivity (Wildman–Crippen MR) is 72.6 cm³/mol. The van der Waals surface area contributed by atoms with Crippen LogP contribution in [-0.2, 0) is 4.74 Å². The van der Waals surface area contributed by atoms with Crippen molar-refractivity contribution in [3.05, 3.63) is 23.9 Å². The second-order valence-corrected chi connectivity index (χ2v) is 6.33. The minimum absolute atomic E-state index is 0.0344. The first kappa shape index (κ1) is 12.7. The van der Waals surface area contributed by atoms with E-state index in [1.165, 1.54) is 4.52 Å². The van der Waals surface area contributed by atoms with Crippen LogP contribution in [0, 0.1) is 6.08 Å². The van der Waals surface area contributed by atoms with Gasteiger partial charge in [0.15, 0.2) is 12.0 Å². The van der Waals surface area contributed by atoms with Crippen molar-refractivity contribution < 1.29 is 18.6 Å². The number of hydrogen-bond donors (Lipinski definition) is 2. The molecule has 2 aromatic heterocycles. The molecular weight excluding hydrogens is 385 g/mol. The van der Waals surface area contributed by atoms with Crippen molar-refractivity contribution in [2.75, 3.05) is 5.73 Å². The van der Waals surface area contributed by atoms with Gasteiger partial charge in [-0.05, 0) is 12.1 Å². The third-order valence-corrected chi connectivity index (χ3v) is 5.54. The predicted octanol–water partition coefficient (Wildman–Crippen LogP) is 0.777. The Labute approximate surface area is 125 Å². The highest BCUT2D eigenvalue weighted by Gasteiger charge is 2.76. The highest BCUT2D eigenvalue weighted by molar-refractivity contribution is 14.1. The monoisotopic (exact) mass is 394 g/mol. The van der Waals surface area contributed by atoms with Crippen molar-refractivity contribution in [2.45, 2.75) is 27.9 Å². The van der Waals surface area contributed by atoms with Crippen LogP contribution in [0.4, 0.5) is 14.6 Å². The Morgan fingerprint density at radius 1 is 1.50 bits per heavy atom. The lowest BCUT2D eigenvalue weighted by atomic mass is 10.1. The maximum Gasteiger partial charge on any atom is 0.327 e. The van der Waals surface area contributed by atoms with Crippen molar-refractivity contribution >= 4 is 33.9 Å². The van der Waals surface area contributed by atoms with Crippen LogP contribution in [0.1, 0.15) is 11.8 Å². The molecule has 2 unspecified atom stereocenters. The Bertz CT molecular complexity index is 726. The zero-order chi connectivity index (χ0) is 14.2. The molecule has 2 aliphatic rings. The maximum atomic E-state index is 14.4. The van der Waals surface area contributed by atoms with Gasteiger partial charge in [-0.1, -0.05) is 22.6 Å². The zero-order valence-corrected chi connectivity index (χ0v) is 12.0. The third kappa shape index (κ3) is 1.37. The number of aromatic nitrogens is 3. The van der Waals surface area contributed by atoms with Gasteiger partial charge in [0.25, 0.3) is 0 Å². The summed E-state index contributed by atoms with van der Waals surface area (Å²) in [5, 5.41) is 13.7. The average Bonchev–Trinajstić information content (AvgIpc) is 2.74. The lowest BCUT2D eigenvalue weighted by molar-refractivity contribution is 0.0224. The molecule has 1 aliphatic heterocycles. The molecule has 0 aromatic carbocycles. The van der Waals surface area contributed by atoms with Gasteiger partial charge in [0, 0.05) is 0 Å². The average molecular weight is 394 g/mol. The fourth-order valence-corrected chi connectivity index (χ4v) is 3.96. The Morgan fingerprint density at radius 2 is 2.25 bits per heavy atom. The first-order valence-electron chi connectivity index (χ1n) is 5.91.